The summed E-state index contributed by atoms with van der Waals surface area (Å²) in [5.41, 5.74) is 0.447. The van der Waals surface area contributed by atoms with Crippen molar-refractivity contribution in [2.24, 2.45) is 7.05 Å². The molecule has 0 saturated heterocycles. The van der Waals surface area contributed by atoms with Crippen molar-refractivity contribution >= 4 is 25.2 Å². The molecule has 0 aromatic carbocycles. The van der Waals surface area contributed by atoms with Crippen molar-refractivity contribution in [1.29, 1.82) is 0 Å². The summed E-state index contributed by atoms with van der Waals surface area (Å²) in [7, 11) is -1.85. The molecule has 0 amide bonds. The quantitative estimate of drug-likeness (QED) is 0.283. The van der Waals surface area contributed by atoms with Gasteiger partial charge in [-0.1, -0.05) is 11.9 Å². The molecule has 1 aromatic rings. The maximum Gasteiger partial charge on any atom is 0.434 e. The Morgan fingerprint density at radius 3 is 2.57 bits per heavy atom. The monoisotopic (exact) mass is 367 g/mol. The van der Waals surface area contributed by atoms with Gasteiger partial charge in [-0.3, -0.25) is 9.09 Å². The Balaban J connectivity index is 2.85. The minimum Gasteiger partial charge on any atom is -0.390 e. The Morgan fingerprint density at radius 2 is 2.09 bits per heavy atom. The topological polar surface area (TPSA) is 111 Å². The number of hydrogen-bond acceptors (Lipinski definition) is 5. The highest BCUT2D eigenvalue weighted by atomic mass is 35.5. The van der Waals surface area contributed by atoms with E-state index < -0.39 is 12.6 Å². The van der Waals surface area contributed by atoms with Gasteiger partial charge in [0, 0.05) is 18.0 Å². The van der Waals surface area contributed by atoms with Crippen LogP contribution in [0.15, 0.2) is 6.20 Å². The van der Waals surface area contributed by atoms with Crippen molar-refractivity contribution in [3.63, 3.8) is 0 Å². The van der Waals surface area contributed by atoms with Crippen LogP contribution in [-0.2, 0) is 22.7 Å². The van der Waals surface area contributed by atoms with Crippen LogP contribution < -0.4 is 10.2 Å². The van der Waals surface area contributed by atoms with E-state index in [9.17, 15) is 14.7 Å². The number of nitrogens with one attached hydrogen (secondary N) is 2. The van der Waals surface area contributed by atoms with Crippen LogP contribution in [0.3, 0.4) is 0 Å². The maximum atomic E-state index is 12.9. The molecule has 0 fully saturated rings. The third-order valence-corrected chi connectivity index (χ3v) is 5.76. The summed E-state index contributed by atoms with van der Waals surface area (Å²) in [5, 5.41) is 16.6. The molecule has 1 rings (SSSR count). The van der Waals surface area contributed by atoms with Crippen LogP contribution in [0, 0.1) is 10.1 Å². The van der Waals surface area contributed by atoms with Gasteiger partial charge in [0.25, 0.3) is 0 Å². The molecule has 1 aromatic heterocycles. The third-order valence-electron chi connectivity index (χ3n) is 3.24. The third kappa shape index (κ3) is 5.86. The van der Waals surface area contributed by atoms with Gasteiger partial charge in [0.2, 0.25) is 0 Å². The molecular weight excluding hydrogens is 345 g/mol. The lowest BCUT2D eigenvalue weighted by Crippen LogP contribution is -2.35. The van der Waals surface area contributed by atoms with E-state index in [2.05, 4.69) is 15.2 Å². The minimum atomic E-state index is -3.36. The first-order valence-electron chi connectivity index (χ1n) is 7.23. The van der Waals surface area contributed by atoms with Crippen LogP contribution in [-0.4, -0.2) is 32.4 Å². The van der Waals surface area contributed by atoms with Crippen LogP contribution >= 0.6 is 19.3 Å². The number of alkyl halides is 1. The molecule has 0 bridgehead atoms. The number of hydrogen-bond donors (Lipinski definition) is 2. The zero-order valence-corrected chi connectivity index (χ0v) is 15.3. The molecule has 132 valence electrons. The molecule has 0 spiro atoms. The number of imidazole rings is 1. The standard InChI is InChI=1S/C12H23ClN5O4P/c1-5-9(2)15-23(21,16-10(3)6-13)22-8-11-7-14-12(17(11)4)18(19)20/h7,9-10H,5-6,8H2,1-4H3,(H2,15,16,21)/t9-,10-,23?/m0/s1. The zero-order chi connectivity index (χ0) is 17.6. The smallest absolute Gasteiger partial charge is 0.390 e. The Hall–Kier alpha value is -0.990. The van der Waals surface area contributed by atoms with Crippen LogP contribution in [0.1, 0.15) is 32.9 Å². The lowest BCUT2D eigenvalue weighted by Gasteiger charge is -2.25. The van der Waals surface area contributed by atoms with Gasteiger partial charge in [-0.25, -0.2) is 14.7 Å². The first kappa shape index (κ1) is 20.1. The molecular formula is C12H23ClN5O4P. The average Bonchev–Trinajstić information content (AvgIpc) is 2.86. The largest absolute Gasteiger partial charge is 0.434 e. The fourth-order valence-corrected chi connectivity index (χ4v) is 3.87. The highest BCUT2D eigenvalue weighted by Gasteiger charge is 2.28. The second-order valence-corrected chi connectivity index (χ2v) is 7.50. The van der Waals surface area contributed by atoms with Crippen molar-refractivity contribution in [3.05, 3.63) is 22.0 Å². The molecule has 0 aliphatic carbocycles. The van der Waals surface area contributed by atoms with Gasteiger partial charge >= 0.3 is 13.6 Å². The second-order valence-electron chi connectivity index (χ2n) is 5.31. The molecule has 0 aliphatic heterocycles. The van der Waals surface area contributed by atoms with E-state index in [4.69, 9.17) is 16.1 Å². The van der Waals surface area contributed by atoms with Crippen molar-refractivity contribution in [1.82, 2.24) is 19.7 Å². The number of rotatable bonds is 10. The number of halogens is 1. The lowest BCUT2D eigenvalue weighted by atomic mass is 10.3. The fraction of sp³-hybridized carbons (Fsp3) is 0.750. The molecule has 1 unspecified atom stereocenters. The summed E-state index contributed by atoms with van der Waals surface area (Å²) in [6, 6.07) is -0.253. The van der Waals surface area contributed by atoms with E-state index in [1.165, 1.54) is 17.8 Å². The lowest BCUT2D eigenvalue weighted by molar-refractivity contribution is -0.396. The summed E-state index contributed by atoms with van der Waals surface area (Å²) >= 11 is 5.75. The predicted molar refractivity (Wildman–Crippen MR) is 88.5 cm³/mol. The highest BCUT2D eigenvalue weighted by Crippen LogP contribution is 2.40. The van der Waals surface area contributed by atoms with Crippen molar-refractivity contribution in [3.8, 4) is 0 Å². The molecule has 23 heavy (non-hydrogen) atoms. The van der Waals surface area contributed by atoms with E-state index in [1.54, 1.807) is 6.92 Å². The number of nitrogens with zero attached hydrogens (tertiary/aromatic N) is 3. The van der Waals surface area contributed by atoms with Crippen LogP contribution in [0.4, 0.5) is 5.95 Å². The summed E-state index contributed by atoms with van der Waals surface area (Å²) in [6.07, 6.45) is 2.10. The molecule has 11 heteroatoms. The minimum absolute atomic E-state index is 0.0308. The second kappa shape index (κ2) is 8.75. The summed E-state index contributed by atoms with van der Waals surface area (Å²) in [4.78, 5) is 13.9. The maximum absolute atomic E-state index is 12.9. The Kier molecular flexibility index (Phi) is 7.63. The molecule has 0 aliphatic rings. The Morgan fingerprint density at radius 1 is 1.48 bits per heavy atom. The van der Waals surface area contributed by atoms with E-state index in [0.717, 1.165) is 6.42 Å². The molecule has 9 nitrogen and oxygen atoms in total. The van der Waals surface area contributed by atoms with Crippen molar-refractivity contribution < 1.29 is 14.0 Å². The first-order chi connectivity index (χ1) is 10.7. The van der Waals surface area contributed by atoms with Crippen LogP contribution in [0.25, 0.3) is 0 Å². The van der Waals surface area contributed by atoms with Gasteiger partial charge in [-0.05, 0) is 25.2 Å². The number of nitro groups is 1. The van der Waals surface area contributed by atoms with E-state index in [-0.39, 0.29) is 30.5 Å². The molecule has 1 heterocycles. The van der Waals surface area contributed by atoms with Crippen LogP contribution in [0.5, 0.6) is 0 Å². The van der Waals surface area contributed by atoms with Gasteiger partial charge < -0.3 is 10.1 Å². The molecule has 0 radical (unpaired) electrons. The van der Waals surface area contributed by atoms with Gasteiger partial charge in [0.05, 0.1) is 7.05 Å². The Labute approximate surface area is 140 Å². The normalized spacial score (nSPS) is 16.7. The molecule has 0 saturated carbocycles. The van der Waals surface area contributed by atoms with E-state index >= 15 is 0 Å². The van der Waals surface area contributed by atoms with E-state index in [1.807, 2.05) is 13.8 Å². The highest BCUT2D eigenvalue weighted by molar-refractivity contribution is 7.54. The summed E-state index contributed by atoms with van der Waals surface area (Å²) in [6.45, 7) is 5.55. The summed E-state index contributed by atoms with van der Waals surface area (Å²) < 4.78 is 19.7. The van der Waals surface area contributed by atoms with Gasteiger partial charge in [0.1, 0.15) is 18.5 Å². The fourth-order valence-electron chi connectivity index (χ4n) is 1.71. The zero-order valence-electron chi connectivity index (χ0n) is 13.7. The van der Waals surface area contributed by atoms with Crippen molar-refractivity contribution in [2.75, 3.05) is 5.88 Å². The van der Waals surface area contributed by atoms with Gasteiger partial charge in [0.15, 0.2) is 0 Å². The van der Waals surface area contributed by atoms with Crippen molar-refractivity contribution in [2.45, 2.75) is 45.9 Å². The van der Waals surface area contributed by atoms with Gasteiger partial charge in [-0.2, -0.15) is 0 Å². The first-order valence-corrected chi connectivity index (χ1v) is 9.39. The van der Waals surface area contributed by atoms with Gasteiger partial charge in [-0.15, -0.1) is 11.6 Å². The number of aromatic nitrogens is 2. The predicted octanol–water partition coefficient (Wildman–Crippen LogP) is 2.56. The van der Waals surface area contributed by atoms with Crippen LogP contribution in [0.2, 0.25) is 0 Å². The average molecular weight is 368 g/mol. The molecule has 2 N–H and O–H groups in total. The Bertz CT molecular complexity index is 566. The van der Waals surface area contributed by atoms with E-state index in [0.29, 0.717) is 5.69 Å². The SMILES string of the molecule is CC[C@H](C)NP(=O)(N[C@@H](C)CCl)OCc1cnc([N+](=O)[O-])n1C. The molecule has 3 atom stereocenters. The summed E-state index contributed by atoms with van der Waals surface area (Å²) in [5.74, 6) is -0.0254.